The van der Waals surface area contributed by atoms with E-state index < -0.39 is 0 Å². The Labute approximate surface area is 158 Å². The molecule has 0 saturated carbocycles. The molecule has 1 N–H and O–H groups in total. The van der Waals surface area contributed by atoms with Crippen LogP contribution in [0, 0.1) is 0 Å². The molecule has 4 rings (SSSR count). The SMILES string of the molecule is O=C(Cc1cccc2ccccc12)N/N=C/c1ccc(N2CCCCC2)o1. The molecule has 1 saturated heterocycles. The number of piperidine rings is 1. The second-order valence-electron chi connectivity index (χ2n) is 6.83. The lowest BCUT2D eigenvalue weighted by Gasteiger charge is -2.25. The zero-order valence-corrected chi connectivity index (χ0v) is 15.2. The molecule has 2 aromatic carbocycles. The Hall–Kier alpha value is -3.08. The fourth-order valence-electron chi connectivity index (χ4n) is 3.52. The zero-order valence-electron chi connectivity index (χ0n) is 15.2. The number of hydrazone groups is 1. The number of benzene rings is 2. The fraction of sp³-hybridized carbons (Fsp3) is 0.273. The highest BCUT2D eigenvalue weighted by atomic mass is 16.4. The highest BCUT2D eigenvalue weighted by molar-refractivity contribution is 5.90. The van der Waals surface area contributed by atoms with E-state index in [2.05, 4.69) is 15.4 Å². The number of anilines is 1. The summed E-state index contributed by atoms with van der Waals surface area (Å²) < 4.78 is 5.81. The van der Waals surface area contributed by atoms with Gasteiger partial charge in [-0.25, -0.2) is 5.43 Å². The van der Waals surface area contributed by atoms with E-state index in [4.69, 9.17) is 4.42 Å². The summed E-state index contributed by atoms with van der Waals surface area (Å²) in [7, 11) is 0. The van der Waals surface area contributed by atoms with E-state index in [-0.39, 0.29) is 12.3 Å². The van der Waals surface area contributed by atoms with E-state index in [0.717, 1.165) is 35.3 Å². The molecular formula is C22H23N3O2. The number of hydrogen-bond acceptors (Lipinski definition) is 4. The lowest BCUT2D eigenvalue weighted by molar-refractivity contribution is -0.120. The van der Waals surface area contributed by atoms with E-state index in [1.165, 1.54) is 19.3 Å². The van der Waals surface area contributed by atoms with Gasteiger partial charge in [-0.3, -0.25) is 4.79 Å². The molecule has 1 amide bonds. The van der Waals surface area contributed by atoms with Crippen LogP contribution < -0.4 is 10.3 Å². The van der Waals surface area contributed by atoms with Crippen LogP contribution in [0.3, 0.4) is 0 Å². The first-order valence-corrected chi connectivity index (χ1v) is 9.43. The maximum atomic E-state index is 12.2. The van der Waals surface area contributed by atoms with Crippen LogP contribution in [0.5, 0.6) is 0 Å². The first-order chi connectivity index (χ1) is 13.3. The van der Waals surface area contributed by atoms with Crippen LogP contribution in [0.1, 0.15) is 30.6 Å². The van der Waals surface area contributed by atoms with Crippen molar-refractivity contribution >= 4 is 28.8 Å². The molecule has 1 fully saturated rings. The predicted molar refractivity (Wildman–Crippen MR) is 108 cm³/mol. The number of furan rings is 1. The Bertz CT molecular complexity index is 950. The topological polar surface area (TPSA) is 57.8 Å². The van der Waals surface area contributed by atoms with Crippen LogP contribution in [0.2, 0.25) is 0 Å². The van der Waals surface area contributed by atoms with Gasteiger partial charge in [0.1, 0.15) is 5.76 Å². The fourth-order valence-corrected chi connectivity index (χ4v) is 3.52. The van der Waals surface area contributed by atoms with Crippen LogP contribution in [0.4, 0.5) is 5.88 Å². The highest BCUT2D eigenvalue weighted by Crippen LogP contribution is 2.22. The molecule has 1 aliphatic rings. The maximum absolute atomic E-state index is 12.2. The van der Waals surface area contributed by atoms with Crippen molar-refractivity contribution in [3.8, 4) is 0 Å². The third-order valence-electron chi connectivity index (χ3n) is 4.89. The molecule has 0 bridgehead atoms. The third kappa shape index (κ3) is 4.19. The van der Waals surface area contributed by atoms with Crippen LogP contribution in [-0.2, 0) is 11.2 Å². The summed E-state index contributed by atoms with van der Waals surface area (Å²) in [4.78, 5) is 14.5. The smallest absolute Gasteiger partial charge is 0.244 e. The Balaban J connectivity index is 1.35. The lowest BCUT2D eigenvalue weighted by atomic mass is 10.0. The van der Waals surface area contributed by atoms with Crippen molar-refractivity contribution in [2.45, 2.75) is 25.7 Å². The molecule has 138 valence electrons. The van der Waals surface area contributed by atoms with Gasteiger partial charge in [0.2, 0.25) is 5.91 Å². The van der Waals surface area contributed by atoms with Crippen LogP contribution in [-0.4, -0.2) is 25.2 Å². The quantitative estimate of drug-likeness (QED) is 0.549. The van der Waals surface area contributed by atoms with Gasteiger partial charge in [-0.15, -0.1) is 0 Å². The van der Waals surface area contributed by atoms with Crippen molar-refractivity contribution in [3.63, 3.8) is 0 Å². The van der Waals surface area contributed by atoms with Gasteiger partial charge in [0.05, 0.1) is 12.6 Å². The molecule has 0 spiro atoms. The number of carbonyl (C=O) groups excluding carboxylic acids is 1. The molecular weight excluding hydrogens is 338 g/mol. The second kappa shape index (κ2) is 8.08. The van der Waals surface area contributed by atoms with Crippen molar-refractivity contribution in [3.05, 3.63) is 65.9 Å². The summed E-state index contributed by atoms with van der Waals surface area (Å²) in [6, 6.07) is 17.9. The highest BCUT2D eigenvalue weighted by Gasteiger charge is 2.13. The van der Waals surface area contributed by atoms with Crippen molar-refractivity contribution < 1.29 is 9.21 Å². The summed E-state index contributed by atoms with van der Waals surface area (Å²) in [5, 5.41) is 6.26. The second-order valence-corrected chi connectivity index (χ2v) is 6.83. The number of nitrogens with zero attached hydrogens (tertiary/aromatic N) is 2. The molecule has 5 nitrogen and oxygen atoms in total. The van der Waals surface area contributed by atoms with Crippen molar-refractivity contribution in [2.24, 2.45) is 5.10 Å². The monoisotopic (exact) mass is 361 g/mol. The van der Waals surface area contributed by atoms with Gasteiger partial charge in [0.15, 0.2) is 5.88 Å². The molecule has 1 aromatic heterocycles. The predicted octanol–water partition coefficient (Wildman–Crippen LogP) is 4.12. The minimum atomic E-state index is -0.148. The van der Waals surface area contributed by atoms with Crippen molar-refractivity contribution in [2.75, 3.05) is 18.0 Å². The minimum absolute atomic E-state index is 0.148. The molecule has 0 atom stereocenters. The van der Waals surface area contributed by atoms with Gasteiger partial charge in [-0.1, -0.05) is 42.5 Å². The molecule has 0 aliphatic carbocycles. The normalized spacial score (nSPS) is 14.7. The average molecular weight is 361 g/mol. The number of nitrogens with one attached hydrogen (secondary N) is 1. The Morgan fingerprint density at radius 3 is 2.74 bits per heavy atom. The molecule has 27 heavy (non-hydrogen) atoms. The standard InChI is InChI=1S/C22H23N3O2/c26-21(15-18-9-6-8-17-7-2-3-10-20(17)18)24-23-16-19-11-12-22(27-19)25-13-4-1-5-14-25/h2-3,6-12,16H,1,4-5,13-15H2,(H,24,26)/b23-16+. The van der Waals surface area contributed by atoms with Gasteiger partial charge >= 0.3 is 0 Å². The Morgan fingerprint density at radius 1 is 1.04 bits per heavy atom. The Morgan fingerprint density at radius 2 is 1.85 bits per heavy atom. The number of amides is 1. The van der Waals surface area contributed by atoms with Gasteiger partial charge < -0.3 is 9.32 Å². The van der Waals surface area contributed by atoms with E-state index in [1.54, 1.807) is 6.21 Å². The first-order valence-electron chi connectivity index (χ1n) is 9.43. The first kappa shape index (κ1) is 17.3. The number of fused-ring (bicyclic) bond motifs is 1. The average Bonchev–Trinajstić information content (AvgIpc) is 3.18. The summed E-state index contributed by atoms with van der Waals surface area (Å²) in [5.41, 5.74) is 3.58. The summed E-state index contributed by atoms with van der Waals surface area (Å²) >= 11 is 0. The third-order valence-corrected chi connectivity index (χ3v) is 4.89. The van der Waals surface area contributed by atoms with Crippen molar-refractivity contribution in [1.82, 2.24) is 5.43 Å². The van der Waals surface area contributed by atoms with Crippen LogP contribution in [0.15, 0.2) is 64.1 Å². The number of carbonyl (C=O) groups is 1. The summed E-state index contributed by atoms with van der Waals surface area (Å²) in [6.07, 6.45) is 5.53. The van der Waals surface area contributed by atoms with Crippen LogP contribution >= 0.6 is 0 Å². The molecule has 0 radical (unpaired) electrons. The van der Waals surface area contributed by atoms with E-state index in [1.807, 2.05) is 54.6 Å². The largest absolute Gasteiger partial charge is 0.440 e. The summed E-state index contributed by atoms with van der Waals surface area (Å²) in [6.45, 7) is 2.07. The zero-order chi connectivity index (χ0) is 18.5. The molecule has 5 heteroatoms. The summed E-state index contributed by atoms with van der Waals surface area (Å²) in [5.74, 6) is 1.37. The van der Waals surface area contributed by atoms with E-state index >= 15 is 0 Å². The molecule has 2 heterocycles. The van der Waals surface area contributed by atoms with E-state index in [0.29, 0.717) is 5.76 Å². The number of rotatable bonds is 5. The Kier molecular flexibility index (Phi) is 5.19. The molecule has 0 unspecified atom stereocenters. The van der Waals surface area contributed by atoms with Gasteiger partial charge in [-0.05, 0) is 41.7 Å². The van der Waals surface area contributed by atoms with Gasteiger partial charge in [0, 0.05) is 19.2 Å². The van der Waals surface area contributed by atoms with E-state index in [9.17, 15) is 4.79 Å². The molecule has 3 aromatic rings. The van der Waals surface area contributed by atoms with Gasteiger partial charge in [0.25, 0.3) is 0 Å². The van der Waals surface area contributed by atoms with Crippen LogP contribution in [0.25, 0.3) is 10.8 Å². The number of hydrogen-bond donors (Lipinski definition) is 1. The van der Waals surface area contributed by atoms with Gasteiger partial charge in [-0.2, -0.15) is 5.10 Å². The molecule has 1 aliphatic heterocycles. The van der Waals surface area contributed by atoms with Crippen molar-refractivity contribution in [1.29, 1.82) is 0 Å². The lowest BCUT2D eigenvalue weighted by Crippen LogP contribution is -2.28. The maximum Gasteiger partial charge on any atom is 0.244 e. The minimum Gasteiger partial charge on any atom is -0.440 e.